The lowest BCUT2D eigenvalue weighted by Gasteiger charge is -2.18. The van der Waals surface area contributed by atoms with Crippen molar-refractivity contribution >= 4 is 17.9 Å². The third kappa shape index (κ3) is 69.2. The van der Waals surface area contributed by atoms with Crippen molar-refractivity contribution in [3.05, 3.63) is 0 Å². The molecule has 82 heavy (non-hydrogen) atoms. The van der Waals surface area contributed by atoms with E-state index >= 15 is 0 Å². The van der Waals surface area contributed by atoms with E-state index in [1.165, 1.54) is 353 Å². The van der Waals surface area contributed by atoms with Crippen molar-refractivity contribution in [2.75, 3.05) is 13.2 Å². The summed E-state index contributed by atoms with van der Waals surface area (Å²) in [5.74, 6) is -0.819. The van der Waals surface area contributed by atoms with Crippen LogP contribution in [0.15, 0.2) is 0 Å². The molecule has 0 heterocycles. The zero-order valence-corrected chi connectivity index (χ0v) is 56.3. The number of ether oxygens (including phenoxy) is 3. The average molecular weight is 1160 g/mol. The maximum absolute atomic E-state index is 12.9. The van der Waals surface area contributed by atoms with Gasteiger partial charge in [-0.1, -0.05) is 412 Å². The van der Waals surface area contributed by atoms with Gasteiger partial charge in [0.1, 0.15) is 13.2 Å². The Morgan fingerprint density at radius 1 is 0.195 bits per heavy atom. The summed E-state index contributed by atoms with van der Waals surface area (Å²) in [6.07, 6.45) is 86.0. The van der Waals surface area contributed by atoms with Crippen LogP contribution in [0.5, 0.6) is 0 Å². The Morgan fingerprint density at radius 2 is 0.329 bits per heavy atom. The molecule has 0 spiro atoms. The molecule has 0 bridgehead atoms. The van der Waals surface area contributed by atoms with E-state index in [1.54, 1.807) is 0 Å². The molecule has 0 aliphatic heterocycles. The Labute approximate surface area is 514 Å². The fourth-order valence-electron chi connectivity index (χ4n) is 12.2. The Hall–Kier alpha value is -1.59. The molecular formula is C76H148O6. The summed E-state index contributed by atoms with van der Waals surface area (Å²) in [5.41, 5.74) is 0. The molecule has 0 fully saturated rings. The predicted octanol–water partition coefficient (Wildman–Crippen LogP) is 26.2. The van der Waals surface area contributed by atoms with Crippen LogP contribution in [-0.4, -0.2) is 37.2 Å². The molecule has 0 aromatic heterocycles. The first-order chi connectivity index (χ1) is 40.5. The summed E-state index contributed by atoms with van der Waals surface area (Å²) in [6, 6.07) is 0. The maximum atomic E-state index is 12.9. The molecule has 0 aliphatic carbocycles. The van der Waals surface area contributed by atoms with Gasteiger partial charge >= 0.3 is 17.9 Å². The van der Waals surface area contributed by atoms with Gasteiger partial charge in [-0.2, -0.15) is 0 Å². The monoisotopic (exact) mass is 1160 g/mol. The molecule has 0 N–H and O–H groups in total. The summed E-state index contributed by atoms with van der Waals surface area (Å²) >= 11 is 0. The van der Waals surface area contributed by atoms with Crippen LogP contribution in [0.1, 0.15) is 451 Å². The minimum atomic E-state index is -0.763. The van der Waals surface area contributed by atoms with Gasteiger partial charge in [-0.25, -0.2) is 0 Å². The van der Waals surface area contributed by atoms with Gasteiger partial charge in [0.05, 0.1) is 0 Å². The van der Waals surface area contributed by atoms with Gasteiger partial charge in [-0.15, -0.1) is 0 Å². The first-order valence-corrected chi connectivity index (χ1v) is 38.0. The van der Waals surface area contributed by atoms with E-state index in [0.29, 0.717) is 19.3 Å². The second kappa shape index (κ2) is 71.9. The highest BCUT2D eigenvalue weighted by atomic mass is 16.6. The van der Waals surface area contributed by atoms with E-state index in [-0.39, 0.29) is 31.1 Å². The van der Waals surface area contributed by atoms with Crippen molar-refractivity contribution in [1.82, 2.24) is 0 Å². The zero-order chi connectivity index (χ0) is 59.2. The van der Waals surface area contributed by atoms with Crippen molar-refractivity contribution in [2.45, 2.75) is 457 Å². The summed E-state index contributed by atoms with van der Waals surface area (Å²) in [4.78, 5) is 38.4. The fraction of sp³-hybridized carbons (Fsp3) is 0.961. The highest BCUT2D eigenvalue weighted by Crippen LogP contribution is 2.20. The summed E-state index contributed by atoms with van der Waals surface area (Å²) in [7, 11) is 0. The molecule has 6 nitrogen and oxygen atoms in total. The summed E-state index contributed by atoms with van der Waals surface area (Å²) in [6.45, 7) is 6.74. The highest BCUT2D eigenvalue weighted by Gasteiger charge is 2.20. The van der Waals surface area contributed by atoms with Gasteiger partial charge in [0.15, 0.2) is 6.10 Å². The van der Waals surface area contributed by atoms with Crippen LogP contribution < -0.4 is 0 Å². The Balaban J connectivity index is 4.06. The Bertz CT molecular complexity index is 1240. The van der Waals surface area contributed by atoms with Crippen LogP contribution in [0.3, 0.4) is 0 Å². The summed E-state index contributed by atoms with van der Waals surface area (Å²) in [5, 5.41) is 0. The van der Waals surface area contributed by atoms with E-state index in [4.69, 9.17) is 14.2 Å². The lowest BCUT2D eigenvalue weighted by molar-refractivity contribution is -0.167. The predicted molar refractivity (Wildman–Crippen MR) is 358 cm³/mol. The van der Waals surface area contributed by atoms with Crippen LogP contribution in [0.25, 0.3) is 0 Å². The van der Waals surface area contributed by atoms with Crippen molar-refractivity contribution in [3.8, 4) is 0 Å². The SMILES string of the molecule is CCCCCCCCCCCCCCCCCCCCCCCCCCCCCCCCCCCC(=O)OCC(COC(=O)CCCCCCCCCCCCCCC)OC(=O)CCCCCCCCCCCCCCCCCCCC. The van der Waals surface area contributed by atoms with Gasteiger partial charge in [0.2, 0.25) is 0 Å². The second-order valence-electron chi connectivity index (χ2n) is 26.3. The van der Waals surface area contributed by atoms with Gasteiger partial charge in [-0.3, -0.25) is 14.4 Å². The molecule has 0 saturated carbocycles. The van der Waals surface area contributed by atoms with Crippen LogP contribution in [-0.2, 0) is 28.6 Å². The molecule has 6 heteroatoms. The van der Waals surface area contributed by atoms with E-state index in [1.807, 2.05) is 0 Å². The Kier molecular flexibility index (Phi) is 70.5. The van der Waals surface area contributed by atoms with E-state index in [9.17, 15) is 14.4 Å². The number of esters is 3. The zero-order valence-electron chi connectivity index (χ0n) is 56.3. The van der Waals surface area contributed by atoms with Crippen molar-refractivity contribution in [1.29, 1.82) is 0 Å². The van der Waals surface area contributed by atoms with Crippen LogP contribution in [0, 0.1) is 0 Å². The fourth-order valence-corrected chi connectivity index (χ4v) is 12.2. The normalized spacial score (nSPS) is 11.9. The van der Waals surface area contributed by atoms with E-state index in [2.05, 4.69) is 20.8 Å². The van der Waals surface area contributed by atoms with Crippen LogP contribution in [0.4, 0.5) is 0 Å². The molecule has 1 atom stereocenters. The van der Waals surface area contributed by atoms with Gasteiger partial charge in [-0.05, 0) is 19.3 Å². The molecular weight excluding hydrogens is 1010 g/mol. The molecule has 0 aromatic carbocycles. The lowest BCUT2D eigenvalue weighted by atomic mass is 10.0. The smallest absolute Gasteiger partial charge is 0.306 e. The maximum Gasteiger partial charge on any atom is 0.306 e. The van der Waals surface area contributed by atoms with Crippen molar-refractivity contribution in [2.24, 2.45) is 0 Å². The number of carbonyl (C=O) groups excluding carboxylic acids is 3. The molecule has 0 aromatic rings. The summed E-state index contributed by atoms with van der Waals surface area (Å²) < 4.78 is 17.0. The molecule has 1 unspecified atom stereocenters. The minimum Gasteiger partial charge on any atom is -0.462 e. The largest absolute Gasteiger partial charge is 0.462 e. The van der Waals surface area contributed by atoms with Gasteiger partial charge in [0.25, 0.3) is 0 Å². The molecule has 0 radical (unpaired) electrons. The first kappa shape index (κ1) is 80.4. The first-order valence-electron chi connectivity index (χ1n) is 38.0. The molecule has 0 aliphatic rings. The second-order valence-corrected chi connectivity index (χ2v) is 26.3. The van der Waals surface area contributed by atoms with Crippen molar-refractivity contribution in [3.63, 3.8) is 0 Å². The topological polar surface area (TPSA) is 78.9 Å². The third-order valence-corrected chi connectivity index (χ3v) is 17.9. The molecule has 0 amide bonds. The number of hydrogen-bond acceptors (Lipinski definition) is 6. The quantitative estimate of drug-likeness (QED) is 0.0343. The van der Waals surface area contributed by atoms with Gasteiger partial charge in [0, 0.05) is 19.3 Å². The number of hydrogen-bond donors (Lipinski definition) is 0. The Morgan fingerprint density at radius 3 is 0.488 bits per heavy atom. The third-order valence-electron chi connectivity index (χ3n) is 17.9. The van der Waals surface area contributed by atoms with Gasteiger partial charge < -0.3 is 14.2 Å². The lowest BCUT2D eigenvalue weighted by Crippen LogP contribution is -2.30. The number of unbranched alkanes of at least 4 members (excludes halogenated alkanes) is 61. The minimum absolute atomic E-state index is 0.0601. The van der Waals surface area contributed by atoms with Crippen molar-refractivity contribution < 1.29 is 28.6 Å². The van der Waals surface area contributed by atoms with Crippen LogP contribution >= 0.6 is 0 Å². The van der Waals surface area contributed by atoms with Crippen LogP contribution in [0.2, 0.25) is 0 Å². The number of carbonyl (C=O) groups is 3. The molecule has 0 rings (SSSR count). The molecule has 488 valence electrons. The average Bonchev–Trinajstić information content (AvgIpc) is 3.47. The van der Waals surface area contributed by atoms with E-state index < -0.39 is 6.10 Å². The number of rotatable bonds is 72. The highest BCUT2D eigenvalue weighted by molar-refractivity contribution is 5.71. The standard InChI is InChI=1S/C76H148O6/c1-4-7-10-13-16-19-22-25-27-29-31-32-33-34-35-36-37-38-39-40-41-42-43-44-45-47-48-51-54-57-60-63-66-69-75(78)81-72-73(71-80-74(77)68-65-62-59-56-53-50-24-21-18-15-12-9-6-3)82-76(79)70-67-64-61-58-55-52-49-46-30-28-26-23-20-17-14-11-8-5-2/h73H,4-72H2,1-3H3. The molecule has 0 saturated heterocycles. The van der Waals surface area contributed by atoms with E-state index in [0.717, 1.165) is 57.8 Å².